The first-order valence-corrected chi connectivity index (χ1v) is 8.06. The normalized spacial score (nSPS) is 10.8. The number of hydrogen-bond donors (Lipinski definition) is 2. The molecule has 3 N–H and O–H groups in total. The molecule has 24 heavy (non-hydrogen) atoms. The van der Waals surface area contributed by atoms with Gasteiger partial charge in [0.25, 0.3) is 5.91 Å². The molecule has 0 aliphatic carbocycles. The zero-order valence-electron chi connectivity index (χ0n) is 13.2. The number of amides is 1. The monoisotopic (exact) mass is 340 g/mol. The van der Waals surface area contributed by atoms with Crippen LogP contribution in [0.5, 0.6) is 0 Å². The summed E-state index contributed by atoms with van der Waals surface area (Å²) >= 11 is 6.20. The number of fused-ring (bicyclic) bond motifs is 1. The maximum absolute atomic E-state index is 12.2. The van der Waals surface area contributed by atoms with Crippen LogP contribution in [-0.2, 0) is 0 Å². The number of nitrogens with one attached hydrogen (secondary N) is 1. The standard InChI is InChI=1S/C18H17ClN4O/c1-2-5-21-17(24)13-7-12(8-15(19)9-13)11-3-4-16-14(6-11)10-22-18(20)23-16/h3-4,6-10H,2,5H2,1H3,(H,21,24)(H2,20,22,23). The second kappa shape index (κ2) is 6.84. The fourth-order valence-electron chi connectivity index (χ4n) is 2.46. The number of aromatic nitrogens is 2. The van der Waals surface area contributed by atoms with E-state index in [0.717, 1.165) is 28.5 Å². The number of hydrogen-bond acceptors (Lipinski definition) is 4. The maximum Gasteiger partial charge on any atom is 0.251 e. The van der Waals surface area contributed by atoms with Gasteiger partial charge in [0.15, 0.2) is 0 Å². The van der Waals surface area contributed by atoms with E-state index >= 15 is 0 Å². The Hall–Kier alpha value is -2.66. The third-order valence-corrected chi connectivity index (χ3v) is 3.85. The van der Waals surface area contributed by atoms with Crippen LogP contribution in [0.3, 0.4) is 0 Å². The van der Waals surface area contributed by atoms with Gasteiger partial charge in [0.2, 0.25) is 5.95 Å². The predicted molar refractivity (Wildman–Crippen MR) is 97.0 cm³/mol. The predicted octanol–water partition coefficient (Wildman–Crippen LogP) is 3.67. The fourth-order valence-corrected chi connectivity index (χ4v) is 2.69. The lowest BCUT2D eigenvalue weighted by atomic mass is 10.0. The molecule has 0 saturated carbocycles. The van der Waals surface area contributed by atoms with Gasteiger partial charge in [-0.2, -0.15) is 0 Å². The molecule has 0 aliphatic rings. The van der Waals surface area contributed by atoms with Crippen LogP contribution in [-0.4, -0.2) is 22.4 Å². The summed E-state index contributed by atoms with van der Waals surface area (Å²) in [6.07, 6.45) is 2.56. The molecule has 0 radical (unpaired) electrons. The topological polar surface area (TPSA) is 80.9 Å². The van der Waals surface area contributed by atoms with Crippen LogP contribution in [0.25, 0.3) is 22.0 Å². The maximum atomic E-state index is 12.2. The van der Waals surface area contributed by atoms with Gasteiger partial charge in [0.05, 0.1) is 5.52 Å². The molecule has 122 valence electrons. The number of carbonyl (C=O) groups is 1. The van der Waals surface area contributed by atoms with E-state index in [4.69, 9.17) is 17.3 Å². The molecule has 3 rings (SSSR count). The number of nitrogens with zero attached hydrogens (tertiary/aromatic N) is 2. The van der Waals surface area contributed by atoms with Gasteiger partial charge in [0.1, 0.15) is 0 Å². The Labute approximate surface area is 144 Å². The number of halogens is 1. The summed E-state index contributed by atoms with van der Waals surface area (Å²) in [4.78, 5) is 20.4. The number of anilines is 1. The quantitative estimate of drug-likeness (QED) is 0.759. The highest BCUT2D eigenvalue weighted by Gasteiger charge is 2.10. The van der Waals surface area contributed by atoms with E-state index in [1.54, 1.807) is 12.3 Å². The first kappa shape index (κ1) is 16.2. The zero-order valence-corrected chi connectivity index (χ0v) is 14.0. The first-order valence-electron chi connectivity index (χ1n) is 7.68. The van der Waals surface area contributed by atoms with Crippen LogP contribution in [0.15, 0.2) is 42.6 Å². The molecule has 1 amide bonds. The van der Waals surface area contributed by atoms with Crippen LogP contribution in [0.1, 0.15) is 23.7 Å². The van der Waals surface area contributed by atoms with Gasteiger partial charge in [-0.05, 0) is 47.9 Å². The smallest absolute Gasteiger partial charge is 0.251 e. The van der Waals surface area contributed by atoms with Gasteiger partial charge in [-0.15, -0.1) is 0 Å². The Bertz CT molecular complexity index is 911. The van der Waals surface area contributed by atoms with Crippen molar-refractivity contribution in [3.05, 3.63) is 53.2 Å². The number of carbonyl (C=O) groups excluding carboxylic acids is 1. The molecular weight excluding hydrogens is 324 g/mol. The van der Waals surface area contributed by atoms with Crippen molar-refractivity contribution in [2.45, 2.75) is 13.3 Å². The van der Waals surface area contributed by atoms with E-state index < -0.39 is 0 Å². The molecule has 3 aromatic rings. The van der Waals surface area contributed by atoms with Crippen molar-refractivity contribution in [1.29, 1.82) is 0 Å². The summed E-state index contributed by atoms with van der Waals surface area (Å²) < 4.78 is 0. The fraction of sp³-hybridized carbons (Fsp3) is 0.167. The van der Waals surface area contributed by atoms with Crippen molar-refractivity contribution in [2.24, 2.45) is 0 Å². The van der Waals surface area contributed by atoms with Crippen LogP contribution in [0.4, 0.5) is 5.95 Å². The molecule has 0 spiro atoms. The molecule has 0 fully saturated rings. The minimum Gasteiger partial charge on any atom is -0.368 e. The van der Waals surface area contributed by atoms with Crippen molar-refractivity contribution in [1.82, 2.24) is 15.3 Å². The van der Waals surface area contributed by atoms with Crippen LogP contribution >= 0.6 is 11.6 Å². The minimum atomic E-state index is -0.127. The second-order valence-electron chi connectivity index (χ2n) is 5.49. The van der Waals surface area contributed by atoms with Crippen molar-refractivity contribution in [3.8, 4) is 11.1 Å². The number of benzene rings is 2. The lowest BCUT2D eigenvalue weighted by Crippen LogP contribution is -2.23. The summed E-state index contributed by atoms with van der Waals surface area (Å²) in [5.41, 5.74) is 8.71. The minimum absolute atomic E-state index is 0.127. The molecular formula is C18H17ClN4O. The van der Waals surface area contributed by atoms with E-state index in [9.17, 15) is 4.79 Å². The van der Waals surface area contributed by atoms with Crippen LogP contribution in [0.2, 0.25) is 5.02 Å². The molecule has 1 aromatic heterocycles. The van der Waals surface area contributed by atoms with Crippen LogP contribution < -0.4 is 11.1 Å². The number of rotatable bonds is 4. The lowest BCUT2D eigenvalue weighted by Gasteiger charge is -2.09. The molecule has 0 aliphatic heterocycles. The van der Waals surface area contributed by atoms with Crippen LogP contribution in [0, 0.1) is 0 Å². The van der Waals surface area contributed by atoms with Crippen molar-refractivity contribution >= 4 is 34.4 Å². The van der Waals surface area contributed by atoms with E-state index in [1.807, 2.05) is 37.3 Å². The third kappa shape index (κ3) is 3.46. The summed E-state index contributed by atoms with van der Waals surface area (Å²) in [6, 6.07) is 11.1. The van der Waals surface area contributed by atoms with E-state index in [2.05, 4.69) is 15.3 Å². The first-order chi connectivity index (χ1) is 11.6. The second-order valence-corrected chi connectivity index (χ2v) is 5.92. The molecule has 6 heteroatoms. The number of nitrogen functional groups attached to an aromatic ring is 1. The highest BCUT2D eigenvalue weighted by atomic mass is 35.5. The van der Waals surface area contributed by atoms with Gasteiger partial charge >= 0.3 is 0 Å². The molecule has 1 heterocycles. The Morgan fingerprint density at radius 2 is 2.04 bits per heavy atom. The summed E-state index contributed by atoms with van der Waals surface area (Å²) in [5, 5.41) is 4.25. The summed E-state index contributed by atoms with van der Waals surface area (Å²) in [7, 11) is 0. The van der Waals surface area contributed by atoms with E-state index in [1.165, 1.54) is 0 Å². The molecule has 0 saturated heterocycles. The Balaban J connectivity index is 2.01. The third-order valence-electron chi connectivity index (χ3n) is 3.63. The zero-order chi connectivity index (χ0) is 17.1. The lowest BCUT2D eigenvalue weighted by molar-refractivity contribution is 0.0953. The number of nitrogens with two attached hydrogens (primary N) is 1. The van der Waals surface area contributed by atoms with Gasteiger partial charge in [0, 0.05) is 28.7 Å². The van der Waals surface area contributed by atoms with Gasteiger partial charge in [-0.3, -0.25) is 4.79 Å². The van der Waals surface area contributed by atoms with Crippen molar-refractivity contribution < 1.29 is 4.79 Å². The van der Waals surface area contributed by atoms with Gasteiger partial charge in [-0.25, -0.2) is 9.97 Å². The average molecular weight is 341 g/mol. The molecule has 0 atom stereocenters. The van der Waals surface area contributed by atoms with Crippen molar-refractivity contribution in [3.63, 3.8) is 0 Å². The molecule has 2 aromatic carbocycles. The van der Waals surface area contributed by atoms with E-state index in [-0.39, 0.29) is 11.9 Å². The van der Waals surface area contributed by atoms with Gasteiger partial charge < -0.3 is 11.1 Å². The summed E-state index contributed by atoms with van der Waals surface area (Å²) in [6.45, 7) is 2.64. The Morgan fingerprint density at radius 3 is 2.83 bits per heavy atom. The Kier molecular flexibility index (Phi) is 4.62. The average Bonchev–Trinajstić information content (AvgIpc) is 2.58. The molecule has 0 bridgehead atoms. The Morgan fingerprint density at radius 1 is 1.21 bits per heavy atom. The largest absolute Gasteiger partial charge is 0.368 e. The van der Waals surface area contributed by atoms with Gasteiger partial charge in [-0.1, -0.05) is 24.6 Å². The SMILES string of the molecule is CCCNC(=O)c1cc(Cl)cc(-c2ccc3nc(N)ncc3c2)c1. The molecule has 5 nitrogen and oxygen atoms in total. The highest BCUT2D eigenvalue weighted by molar-refractivity contribution is 6.31. The molecule has 0 unspecified atom stereocenters. The van der Waals surface area contributed by atoms with Crippen molar-refractivity contribution in [2.75, 3.05) is 12.3 Å². The van der Waals surface area contributed by atoms with E-state index in [0.29, 0.717) is 17.1 Å². The highest BCUT2D eigenvalue weighted by Crippen LogP contribution is 2.27. The summed E-state index contributed by atoms with van der Waals surface area (Å²) in [5.74, 6) is 0.116.